The highest BCUT2D eigenvalue weighted by Gasteiger charge is 2.29. The molecular weight excluding hydrogens is 1390 g/mol. The van der Waals surface area contributed by atoms with Gasteiger partial charge < -0.3 is 34.2 Å². The number of rotatable bonds is 75. The maximum atomic E-state index is 13.0. The minimum absolute atomic E-state index is 0.0165. The molecule has 0 saturated carbocycles. The third-order valence-electron chi connectivity index (χ3n) is 16.3. The molecule has 16 nitrogen and oxygen atoms in total. The van der Waals surface area contributed by atoms with Crippen molar-refractivity contribution in [3.8, 4) is 0 Å². The minimum Gasteiger partial charge on any atom is -0.463 e. The van der Waals surface area contributed by atoms with Gasteiger partial charge in [0.2, 0.25) is 0 Å². The van der Waals surface area contributed by atoms with Crippen molar-refractivity contribution in [1.29, 1.82) is 0 Å². The van der Waals surface area contributed by atoms with E-state index in [1.807, 2.05) is 12.2 Å². The molecule has 0 aliphatic rings. The van der Waals surface area contributed by atoms with Crippen LogP contribution in [0.1, 0.15) is 290 Å². The van der Waals surface area contributed by atoms with Crippen molar-refractivity contribution in [2.45, 2.75) is 309 Å². The Balaban J connectivity index is 4.61. The van der Waals surface area contributed by atoms with Crippen LogP contribution in [0, 0.1) is 0 Å². The maximum Gasteiger partial charge on any atom is 0.472 e. The lowest BCUT2D eigenvalue weighted by Crippen LogP contribution is -2.30. The average Bonchev–Trinajstić information content (AvgIpc) is 0.909. The van der Waals surface area contributed by atoms with Gasteiger partial charge in [0.1, 0.15) is 25.4 Å². The summed E-state index contributed by atoms with van der Waals surface area (Å²) in [7, 11) is -9.83. The molecule has 0 heterocycles. The Kier molecular flexibility index (Phi) is 75.7. The Morgan fingerprint density at radius 3 is 0.766 bits per heavy atom. The van der Waals surface area contributed by atoms with E-state index in [0.717, 1.165) is 173 Å². The maximum absolute atomic E-state index is 13.0. The van der Waals surface area contributed by atoms with E-state index in [2.05, 4.69) is 203 Å². The van der Waals surface area contributed by atoms with Gasteiger partial charge in [0.05, 0.1) is 26.4 Å². The van der Waals surface area contributed by atoms with Crippen molar-refractivity contribution in [3.05, 3.63) is 194 Å². The van der Waals surface area contributed by atoms with Gasteiger partial charge in [-0.1, -0.05) is 312 Å². The van der Waals surface area contributed by atoms with Crippen LogP contribution in [0.3, 0.4) is 0 Å². The first-order valence-corrected chi connectivity index (χ1v) is 43.7. The molecule has 0 amide bonds. The van der Waals surface area contributed by atoms with Crippen LogP contribution in [0.2, 0.25) is 0 Å². The van der Waals surface area contributed by atoms with Crippen LogP contribution in [0.25, 0.3) is 0 Å². The average molecular weight is 1530 g/mol. The monoisotopic (exact) mass is 1530 g/mol. The molecule has 0 rings (SSSR count). The third-order valence-corrected chi connectivity index (χ3v) is 18.2. The predicted molar refractivity (Wildman–Crippen MR) is 444 cm³/mol. The number of allylic oxidation sites excluding steroid dienone is 32. The fourth-order valence-corrected chi connectivity index (χ4v) is 11.8. The second kappa shape index (κ2) is 79.9. The number of aliphatic hydroxyl groups excluding tert-OH is 2. The Morgan fingerprint density at radius 2 is 0.477 bits per heavy atom. The number of carbonyl (C=O) groups excluding carboxylic acids is 3. The molecule has 0 spiro atoms. The first kappa shape index (κ1) is 101. The zero-order chi connectivity index (χ0) is 78.0. The number of hydrogen-bond donors (Lipinski definition) is 4. The van der Waals surface area contributed by atoms with Crippen molar-refractivity contribution < 1.29 is 75.8 Å². The van der Waals surface area contributed by atoms with Crippen LogP contribution in [0.4, 0.5) is 0 Å². The minimum atomic E-state index is -4.96. The molecule has 107 heavy (non-hydrogen) atoms. The van der Waals surface area contributed by atoms with Gasteiger partial charge in [0.15, 0.2) is 6.10 Å². The highest BCUT2D eigenvalue weighted by Crippen LogP contribution is 2.45. The molecule has 18 heteroatoms. The molecule has 0 bridgehead atoms. The summed E-state index contributed by atoms with van der Waals surface area (Å²) in [6, 6.07) is 0. The second-order valence-corrected chi connectivity index (χ2v) is 29.3. The molecule has 0 saturated heterocycles. The SMILES string of the molecule is CC/C=C\C/C=C\C/C=C\C/C=C\C/C=C\C/C=C\CCCCCCCCCCCCCCC(=O)OCC(O)COP(=O)(O)OCC(O)COP(=O)(O)OCC(COC(=O)CCCCCCCCC/C=C\C/C=C\C/C=C\C/C=C\C/C=C\CC)OC(=O)CCC/C=C\C/C=C\C/C=C\C/C=C\C/C=C\CC. The van der Waals surface area contributed by atoms with E-state index in [0.29, 0.717) is 25.7 Å². The van der Waals surface area contributed by atoms with E-state index in [1.165, 1.54) is 51.4 Å². The van der Waals surface area contributed by atoms with Crippen LogP contribution in [-0.2, 0) is 55.8 Å². The van der Waals surface area contributed by atoms with Gasteiger partial charge >= 0.3 is 33.6 Å². The Bertz CT molecular complexity index is 2720. The summed E-state index contributed by atoms with van der Waals surface area (Å²) >= 11 is 0. The number of esters is 3. The van der Waals surface area contributed by atoms with Gasteiger partial charge in [0.25, 0.3) is 0 Å². The number of hydrogen-bond acceptors (Lipinski definition) is 14. The highest BCUT2D eigenvalue weighted by molar-refractivity contribution is 7.47. The molecule has 0 radical (unpaired) electrons. The summed E-state index contributed by atoms with van der Waals surface area (Å²) in [5, 5.41) is 20.7. The van der Waals surface area contributed by atoms with Crippen LogP contribution in [-0.4, -0.2) is 95.9 Å². The Morgan fingerprint density at radius 1 is 0.262 bits per heavy atom. The molecule has 0 aromatic carbocycles. The summed E-state index contributed by atoms with van der Waals surface area (Å²) < 4.78 is 61.1. The van der Waals surface area contributed by atoms with E-state index in [1.54, 1.807) is 0 Å². The predicted octanol–water partition coefficient (Wildman–Crippen LogP) is 24.3. The quantitative estimate of drug-likeness (QED) is 0.0146. The Hall–Kier alpha value is -5.61. The van der Waals surface area contributed by atoms with Gasteiger partial charge in [-0.2, -0.15) is 0 Å². The topological polar surface area (TPSA) is 231 Å². The van der Waals surface area contributed by atoms with Crippen LogP contribution in [0.15, 0.2) is 194 Å². The van der Waals surface area contributed by atoms with Gasteiger partial charge in [-0.25, -0.2) is 9.13 Å². The van der Waals surface area contributed by atoms with Gasteiger partial charge in [-0.15, -0.1) is 0 Å². The lowest BCUT2D eigenvalue weighted by Gasteiger charge is -2.21. The van der Waals surface area contributed by atoms with Crippen LogP contribution < -0.4 is 0 Å². The third kappa shape index (κ3) is 81.2. The smallest absolute Gasteiger partial charge is 0.463 e. The number of phosphoric acid groups is 2. The molecule has 0 fully saturated rings. The first-order chi connectivity index (χ1) is 52.2. The summed E-state index contributed by atoms with van der Waals surface area (Å²) in [4.78, 5) is 58.7. The zero-order valence-electron chi connectivity index (χ0n) is 66.2. The van der Waals surface area contributed by atoms with Crippen molar-refractivity contribution >= 4 is 33.6 Å². The van der Waals surface area contributed by atoms with Crippen molar-refractivity contribution in [3.63, 3.8) is 0 Å². The van der Waals surface area contributed by atoms with Crippen molar-refractivity contribution in [2.75, 3.05) is 39.6 Å². The molecule has 5 unspecified atom stereocenters. The second-order valence-electron chi connectivity index (χ2n) is 26.4. The largest absolute Gasteiger partial charge is 0.472 e. The number of carbonyl (C=O) groups is 3. The zero-order valence-corrected chi connectivity index (χ0v) is 68.0. The molecule has 0 aliphatic carbocycles. The summed E-state index contributed by atoms with van der Waals surface area (Å²) in [5.74, 6) is -1.67. The molecule has 0 aromatic heterocycles. The van der Waals surface area contributed by atoms with E-state index in [9.17, 15) is 43.5 Å². The van der Waals surface area contributed by atoms with Crippen molar-refractivity contribution in [2.24, 2.45) is 0 Å². The van der Waals surface area contributed by atoms with Crippen LogP contribution in [0.5, 0.6) is 0 Å². The number of unbranched alkanes of at least 4 members (excludes halogenated alkanes) is 20. The molecular formula is C89H144O16P2. The fourth-order valence-electron chi connectivity index (χ4n) is 10.2. The molecule has 606 valence electrons. The van der Waals surface area contributed by atoms with E-state index in [-0.39, 0.29) is 19.3 Å². The molecule has 0 aromatic rings. The number of phosphoric ester groups is 2. The molecule has 5 atom stereocenters. The summed E-state index contributed by atoms with van der Waals surface area (Å²) in [6.07, 6.45) is 105. The van der Waals surface area contributed by atoms with E-state index >= 15 is 0 Å². The molecule has 0 aliphatic heterocycles. The van der Waals surface area contributed by atoms with E-state index in [4.69, 9.17) is 32.3 Å². The number of ether oxygens (including phenoxy) is 3. The van der Waals surface area contributed by atoms with Crippen LogP contribution >= 0.6 is 15.6 Å². The number of aliphatic hydroxyl groups is 2. The lowest BCUT2D eigenvalue weighted by atomic mass is 10.0. The first-order valence-electron chi connectivity index (χ1n) is 40.7. The van der Waals surface area contributed by atoms with Gasteiger partial charge in [-0.3, -0.25) is 32.5 Å². The molecule has 4 N–H and O–H groups in total. The van der Waals surface area contributed by atoms with Crippen molar-refractivity contribution in [1.82, 2.24) is 0 Å². The Labute approximate surface area is 648 Å². The fraction of sp³-hybridized carbons (Fsp3) is 0.607. The van der Waals surface area contributed by atoms with E-state index < -0.39 is 91.5 Å². The van der Waals surface area contributed by atoms with Gasteiger partial charge in [-0.05, 0) is 154 Å². The lowest BCUT2D eigenvalue weighted by molar-refractivity contribution is -0.161. The highest BCUT2D eigenvalue weighted by atomic mass is 31.2. The summed E-state index contributed by atoms with van der Waals surface area (Å²) in [6.45, 7) is 2.24. The summed E-state index contributed by atoms with van der Waals surface area (Å²) in [5.41, 5.74) is 0. The normalized spacial score (nSPS) is 14.9. The standard InChI is InChI=1S/C89H144O16P2/c1-4-7-10-13-16-19-22-25-28-31-33-35-37-38-39-40-41-42-43-44-46-48-49-52-54-57-60-63-66-69-72-75-87(92)99-78-84(90)79-101-106(95,96)102-80-85(91)81-103-107(97,98)104-83-86(105-89(94)77-74-71-68-65-62-59-56-51-30-27-24-21-18-15-12-9-6-3)82-100-88(93)76-73-70-67-64-61-58-55-53-50-47-45-36-34-32-29-26-23-20-17-14-11-8-5-2/h7-12,16-21,25-30,33-36,38-39,41-42,47,50,56,59,65,68,84-86,90-91H,4-6,13-15,22-24,31-32,37,40,43-46,48-49,51-55,57-58,60-64,66-67,69-83H2,1-3H3,(H,95,96)(H,97,98)/b10-7-,11-8-,12-9-,19-16-,20-17-,21-18-,28-25-,29-26-,30-27-,35-33-,36-34-,39-38-,42-41-,50-47-,59-56-,68-65-. The van der Waals surface area contributed by atoms with Gasteiger partial charge in [0, 0.05) is 19.3 Å².